The third kappa shape index (κ3) is 3.11. The average Bonchev–Trinajstić information content (AvgIpc) is 2.94. The van der Waals surface area contributed by atoms with Crippen LogP contribution in [0.25, 0.3) is 10.6 Å². The molecule has 1 aromatic heterocycles. The number of carbonyl (C=O) groups excluding carboxylic acids is 1. The fraction of sp³-hybridized carbons (Fsp3) is 0.375. The van der Waals surface area contributed by atoms with Crippen molar-refractivity contribution < 1.29 is 4.79 Å². The van der Waals surface area contributed by atoms with E-state index in [0.29, 0.717) is 11.4 Å². The number of amides is 1. The zero-order valence-corrected chi connectivity index (χ0v) is 13.4. The van der Waals surface area contributed by atoms with Crippen molar-refractivity contribution in [2.75, 3.05) is 0 Å². The number of nitrogens with zero attached hydrogens (tertiary/aromatic N) is 1. The van der Waals surface area contributed by atoms with Gasteiger partial charge in [0.2, 0.25) is 0 Å². The Morgan fingerprint density at radius 2 is 2.29 bits per heavy atom. The van der Waals surface area contributed by atoms with Crippen LogP contribution >= 0.6 is 22.9 Å². The number of carbonyl (C=O) groups is 1. The molecule has 0 unspecified atom stereocenters. The standard InChI is InChI=1S/C16H17ClN2OS/c1-16(6-3-7-16)19-14(20)11-4-2-5-12(8-11)15-18-13(9-17)10-21-15/h2,4-5,8,10H,3,6-7,9H2,1H3,(H,19,20). The molecule has 110 valence electrons. The number of hydrogen-bond donors (Lipinski definition) is 1. The van der Waals surface area contributed by atoms with Gasteiger partial charge in [-0.3, -0.25) is 4.79 Å². The average molecular weight is 321 g/mol. The number of rotatable bonds is 4. The Morgan fingerprint density at radius 1 is 1.48 bits per heavy atom. The second kappa shape index (κ2) is 5.78. The Labute approximate surface area is 133 Å². The quantitative estimate of drug-likeness (QED) is 0.857. The lowest BCUT2D eigenvalue weighted by molar-refractivity contribution is 0.0850. The molecule has 1 aliphatic rings. The molecule has 21 heavy (non-hydrogen) atoms. The van der Waals surface area contributed by atoms with E-state index in [4.69, 9.17) is 11.6 Å². The van der Waals surface area contributed by atoms with Crippen molar-refractivity contribution in [1.29, 1.82) is 0 Å². The van der Waals surface area contributed by atoms with Crippen LogP contribution in [0.3, 0.4) is 0 Å². The van der Waals surface area contributed by atoms with Crippen LogP contribution in [-0.2, 0) is 5.88 Å². The summed E-state index contributed by atoms with van der Waals surface area (Å²) in [7, 11) is 0. The molecule has 3 rings (SSSR count). The third-order valence-corrected chi connectivity index (χ3v) is 5.15. The van der Waals surface area contributed by atoms with Gasteiger partial charge in [0.15, 0.2) is 0 Å². The van der Waals surface area contributed by atoms with Gasteiger partial charge in [-0.15, -0.1) is 22.9 Å². The first-order valence-corrected chi connectivity index (χ1v) is 8.44. The monoisotopic (exact) mass is 320 g/mol. The van der Waals surface area contributed by atoms with E-state index in [9.17, 15) is 4.79 Å². The van der Waals surface area contributed by atoms with Crippen LogP contribution in [0.4, 0.5) is 0 Å². The van der Waals surface area contributed by atoms with Crippen molar-refractivity contribution in [3.8, 4) is 10.6 Å². The number of alkyl halides is 1. The van der Waals surface area contributed by atoms with Crippen LogP contribution in [0.2, 0.25) is 0 Å². The zero-order chi connectivity index (χ0) is 14.9. The first-order valence-electron chi connectivity index (χ1n) is 7.03. The largest absolute Gasteiger partial charge is 0.347 e. The number of benzene rings is 1. The molecular formula is C16H17ClN2OS. The molecule has 1 amide bonds. The van der Waals surface area contributed by atoms with Gasteiger partial charge in [-0.25, -0.2) is 4.98 Å². The summed E-state index contributed by atoms with van der Waals surface area (Å²) >= 11 is 7.33. The lowest BCUT2D eigenvalue weighted by Gasteiger charge is -2.39. The summed E-state index contributed by atoms with van der Waals surface area (Å²) in [5.41, 5.74) is 2.49. The lowest BCUT2D eigenvalue weighted by Crippen LogP contribution is -2.50. The summed E-state index contributed by atoms with van der Waals surface area (Å²) in [6.45, 7) is 2.10. The van der Waals surface area contributed by atoms with E-state index in [2.05, 4.69) is 17.2 Å². The summed E-state index contributed by atoms with van der Waals surface area (Å²) in [5, 5.41) is 5.97. The molecule has 1 saturated carbocycles. The zero-order valence-electron chi connectivity index (χ0n) is 11.9. The van der Waals surface area contributed by atoms with Gasteiger partial charge in [0, 0.05) is 22.0 Å². The van der Waals surface area contributed by atoms with Crippen molar-refractivity contribution in [3.63, 3.8) is 0 Å². The summed E-state index contributed by atoms with van der Waals surface area (Å²) < 4.78 is 0. The molecule has 0 saturated heterocycles. The minimum atomic E-state index is -0.0277. The molecule has 5 heteroatoms. The van der Waals surface area contributed by atoms with E-state index in [0.717, 1.165) is 29.1 Å². The van der Waals surface area contributed by atoms with Crippen molar-refractivity contribution in [2.45, 2.75) is 37.6 Å². The van der Waals surface area contributed by atoms with Crippen LogP contribution in [0.5, 0.6) is 0 Å². The molecule has 0 spiro atoms. The second-order valence-corrected chi connectivity index (χ2v) is 6.85. The molecule has 1 heterocycles. The van der Waals surface area contributed by atoms with Crippen molar-refractivity contribution >= 4 is 28.8 Å². The van der Waals surface area contributed by atoms with Gasteiger partial charge in [0.1, 0.15) is 5.01 Å². The second-order valence-electron chi connectivity index (χ2n) is 5.73. The number of halogens is 1. The Hall–Kier alpha value is -1.39. The van der Waals surface area contributed by atoms with Crippen LogP contribution in [0.1, 0.15) is 42.2 Å². The normalized spacial score (nSPS) is 16.3. The molecule has 1 N–H and O–H groups in total. The lowest BCUT2D eigenvalue weighted by atomic mass is 9.78. The Kier molecular flexibility index (Phi) is 4.00. The summed E-state index contributed by atoms with van der Waals surface area (Å²) in [5.74, 6) is 0.405. The van der Waals surface area contributed by atoms with Crippen LogP contribution in [-0.4, -0.2) is 16.4 Å². The Balaban J connectivity index is 1.80. The van der Waals surface area contributed by atoms with Gasteiger partial charge in [-0.1, -0.05) is 12.1 Å². The molecule has 1 aliphatic carbocycles. The SMILES string of the molecule is CC1(NC(=O)c2cccc(-c3nc(CCl)cs3)c2)CCC1. The van der Waals surface area contributed by atoms with Gasteiger partial charge in [-0.2, -0.15) is 0 Å². The molecular weight excluding hydrogens is 304 g/mol. The molecule has 3 nitrogen and oxygen atoms in total. The third-order valence-electron chi connectivity index (χ3n) is 3.93. The first-order chi connectivity index (χ1) is 10.1. The molecule has 1 fully saturated rings. The smallest absolute Gasteiger partial charge is 0.251 e. The minimum Gasteiger partial charge on any atom is -0.347 e. The molecule has 1 aromatic carbocycles. The highest BCUT2D eigenvalue weighted by Gasteiger charge is 2.33. The number of thiazole rings is 1. The highest BCUT2D eigenvalue weighted by Crippen LogP contribution is 2.31. The highest BCUT2D eigenvalue weighted by atomic mass is 35.5. The van der Waals surface area contributed by atoms with Crippen LogP contribution in [0, 0.1) is 0 Å². The Bertz CT molecular complexity index is 664. The summed E-state index contributed by atoms with van der Waals surface area (Å²) in [6.07, 6.45) is 3.31. The van der Waals surface area contributed by atoms with Gasteiger partial charge in [-0.05, 0) is 38.3 Å². The minimum absolute atomic E-state index is 0.00632. The highest BCUT2D eigenvalue weighted by molar-refractivity contribution is 7.13. The summed E-state index contributed by atoms with van der Waals surface area (Å²) in [6, 6.07) is 7.61. The molecule has 2 aromatic rings. The fourth-order valence-corrected chi connectivity index (χ4v) is 3.52. The van der Waals surface area contributed by atoms with E-state index in [1.807, 2.05) is 29.6 Å². The molecule has 0 aliphatic heterocycles. The number of nitrogens with one attached hydrogen (secondary N) is 1. The molecule has 0 radical (unpaired) electrons. The van der Waals surface area contributed by atoms with Gasteiger partial charge in [0.25, 0.3) is 5.91 Å². The maximum Gasteiger partial charge on any atom is 0.251 e. The summed E-state index contributed by atoms with van der Waals surface area (Å²) in [4.78, 5) is 16.8. The number of aromatic nitrogens is 1. The fourth-order valence-electron chi connectivity index (χ4n) is 2.47. The van der Waals surface area contributed by atoms with Gasteiger partial charge >= 0.3 is 0 Å². The Morgan fingerprint density at radius 3 is 2.90 bits per heavy atom. The van der Waals surface area contributed by atoms with Gasteiger partial charge < -0.3 is 5.32 Å². The van der Waals surface area contributed by atoms with Crippen molar-refractivity contribution in [2.24, 2.45) is 0 Å². The topological polar surface area (TPSA) is 42.0 Å². The maximum absolute atomic E-state index is 12.3. The molecule has 0 bridgehead atoms. The van der Waals surface area contributed by atoms with Crippen LogP contribution < -0.4 is 5.32 Å². The van der Waals surface area contributed by atoms with Gasteiger partial charge in [0.05, 0.1) is 11.6 Å². The van der Waals surface area contributed by atoms with Crippen molar-refractivity contribution in [1.82, 2.24) is 10.3 Å². The van der Waals surface area contributed by atoms with Crippen LogP contribution in [0.15, 0.2) is 29.6 Å². The number of hydrogen-bond acceptors (Lipinski definition) is 3. The molecule has 0 atom stereocenters. The van der Waals surface area contributed by atoms with Crippen molar-refractivity contribution in [3.05, 3.63) is 40.9 Å². The maximum atomic E-state index is 12.3. The first kappa shape index (κ1) is 14.5. The van der Waals surface area contributed by atoms with E-state index in [1.54, 1.807) is 11.3 Å². The predicted molar refractivity (Wildman–Crippen MR) is 86.8 cm³/mol. The van der Waals surface area contributed by atoms with E-state index >= 15 is 0 Å². The van der Waals surface area contributed by atoms with E-state index < -0.39 is 0 Å². The predicted octanol–water partition coefficient (Wildman–Crippen LogP) is 4.22. The van der Waals surface area contributed by atoms with E-state index in [-0.39, 0.29) is 11.4 Å². The van der Waals surface area contributed by atoms with E-state index in [1.165, 1.54) is 6.42 Å².